The molecule has 2 amide bonds. The van der Waals surface area contributed by atoms with Crippen molar-refractivity contribution in [3.8, 4) is 0 Å². The minimum absolute atomic E-state index is 0.322. The Morgan fingerprint density at radius 1 is 1.38 bits per heavy atom. The van der Waals surface area contributed by atoms with E-state index in [0.717, 1.165) is 15.5 Å². The predicted molar refractivity (Wildman–Crippen MR) is 84.8 cm³/mol. The number of nitrogens with one attached hydrogen (secondary N) is 2. The van der Waals surface area contributed by atoms with E-state index in [1.807, 2.05) is 31.2 Å². The van der Waals surface area contributed by atoms with E-state index in [9.17, 15) is 9.59 Å². The lowest BCUT2D eigenvalue weighted by Gasteiger charge is -2.31. The van der Waals surface area contributed by atoms with Gasteiger partial charge in [0.05, 0.1) is 5.69 Å². The van der Waals surface area contributed by atoms with Crippen LogP contribution in [-0.4, -0.2) is 21.5 Å². The Labute approximate surface area is 130 Å². The van der Waals surface area contributed by atoms with E-state index >= 15 is 0 Å². The molecule has 0 aliphatic carbocycles. The molecule has 2 N–H and O–H groups in total. The number of nitrogens with zero attached hydrogens (tertiary/aromatic N) is 1. The highest BCUT2D eigenvalue weighted by Gasteiger charge is 2.46. The Kier molecular flexibility index (Phi) is 3.46. The van der Waals surface area contributed by atoms with Gasteiger partial charge in [0.2, 0.25) is 5.91 Å². The zero-order valence-corrected chi connectivity index (χ0v) is 13.1. The van der Waals surface area contributed by atoms with E-state index in [4.69, 9.17) is 0 Å². The van der Waals surface area contributed by atoms with Gasteiger partial charge in [-0.25, -0.2) is 4.98 Å². The maximum absolute atomic E-state index is 12.5. The Bertz CT molecular complexity index is 729. The number of thiazole rings is 1. The van der Waals surface area contributed by atoms with Crippen molar-refractivity contribution in [1.82, 2.24) is 4.98 Å². The number of carbonyl (C=O) groups excluding carboxylic acids is 2. The lowest BCUT2D eigenvalue weighted by molar-refractivity contribution is -0.126. The normalized spacial score (nSPS) is 20.6. The van der Waals surface area contributed by atoms with Crippen LogP contribution in [0.4, 0.5) is 10.8 Å². The minimum atomic E-state index is -1.21. The summed E-state index contributed by atoms with van der Waals surface area (Å²) in [4.78, 5) is 30.8. The first-order valence-corrected chi connectivity index (χ1v) is 7.96. The summed E-state index contributed by atoms with van der Waals surface area (Å²) in [5.74, 6) is -0.689. The molecule has 1 unspecified atom stereocenters. The van der Waals surface area contributed by atoms with Gasteiger partial charge in [-0.3, -0.25) is 9.59 Å². The molecule has 1 aliphatic rings. The van der Waals surface area contributed by atoms with Crippen molar-refractivity contribution in [2.75, 3.05) is 10.6 Å². The molecule has 1 aliphatic heterocycles. The zero-order valence-electron chi connectivity index (χ0n) is 11.5. The monoisotopic (exact) mass is 319 g/mol. The lowest BCUT2D eigenvalue weighted by atomic mass is 10.1. The van der Waals surface area contributed by atoms with E-state index in [1.54, 1.807) is 13.1 Å². The minimum Gasteiger partial charge on any atom is -0.323 e. The van der Waals surface area contributed by atoms with Crippen LogP contribution in [-0.2, 0) is 9.59 Å². The fourth-order valence-electron chi connectivity index (χ4n) is 1.95. The van der Waals surface area contributed by atoms with Gasteiger partial charge in [-0.05, 0) is 26.0 Å². The molecule has 0 saturated carbocycles. The van der Waals surface area contributed by atoms with Crippen molar-refractivity contribution < 1.29 is 9.59 Å². The number of hydrogen-bond donors (Lipinski definition) is 2. The summed E-state index contributed by atoms with van der Waals surface area (Å²) in [5.41, 5.74) is 0.739. The highest BCUT2D eigenvalue weighted by atomic mass is 32.2. The molecule has 0 saturated heterocycles. The Morgan fingerprint density at radius 3 is 2.86 bits per heavy atom. The number of para-hydroxylation sites is 1. The fourth-order valence-corrected chi connectivity index (χ4v) is 3.71. The summed E-state index contributed by atoms with van der Waals surface area (Å²) < 4.78 is -1.21. The van der Waals surface area contributed by atoms with Gasteiger partial charge in [-0.2, -0.15) is 0 Å². The van der Waals surface area contributed by atoms with Gasteiger partial charge in [0.15, 0.2) is 9.88 Å². The van der Waals surface area contributed by atoms with E-state index in [0.29, 0.717) is 5.13 Å². The van der Waals surface area contributed by atoms with Crippen LogP contribution in [0.1, 0.15) is 11.8 Å². The second kappa shape index (κ2) is 5.16. The van der Waals surface area contributed by atoms with Crippen LogP contribution in [0.25, 0.3) is 0 Å². The third-order valence-electron chi connectivity index (χ3n) is 3.16. The SMILES string of the molecule is Cc1cnc(NC(=O)C2(C)Sc3ccccc3NC2=O)s1. The summed E-state index contributed by atoms with van der Waals surface area (Å²) in [7, 11) is 0. The molecule has 21 heavy (non-hydrogen) atoms. The maximum Gasteiger partial charge on any atom is 0.252 e. The average molecular weight is 319 g/mol. The van der Waals surface area contributed by atoms with Crippen molar-refractivity contribution in [2.24, 2.45) is 0 Å². The number of aryl methyl sites for hydroxylation is 1. The Morgan fingerprint density at radius 2 is 2.14 bits per heavy atom. The van der Waals surface area contributed by atoms with Crippen LogP contribution in [0.5, 0.6) is 0 Å². The highest BCUT2D eigenvalue weighted by molar-refractivity contribution is 8.02. The standard InChI is InChI=1S/C14H13N3O2S2/c1-8-7-15-13(20-8)17-12(19)14(2)11(18)16-9-5-3-4-6-10(9)21-14/h3-7H,1-2H3,(H,16,18)(H,15,17,19). The molecule has 5 nitrogen and oxygen atoms in total. The van der Waals surface area contributed by atoms with E-state index in [-0.39, 0.29) is 11.8 Å². The van der Waals surface area contributed by atoms with Crippen LogP contribution < -0.4 is 10.6 Å². The molecule has 0 spiro atoms. The Hall–Kier alpha value is -1.86. The molecule has 0 bridgehead atoms. The van der Waals surface area contributed by atoms with Gasteiger partial charge < -0.3 is 10.6 Å². The summed E-state index contributed by atoms with van der Waals surface area (Å²) >= 11 is 2.64. The predicted octanol–water partition coefficient (Wildman–Crippen LogP) is 2.89. The van der Waals surface area contributed by atoms with Crippen LogP contribution in [0, 0.1) is 6.92 Å². The fraction of sp³-hybridized carbons (Fsp3) is 0.214. The zero-order chi connectivity index (χ0) is 15.0. The summed E-state index contributed by atoms with van der Waals surface area (Å²) in [6.45, 7) is 3.53. The smallest absolute Gasteiger partial charge is 0.252 e. The van der Waals surface area contributed by atoms with E-state index in [2.05, 4.69) is 15.6 Å². The van der Waals surface area contributed by atoms with Gasteiger partial charge in [0.25, 0.3) is 5.91 Å². The third-order valence-corrected chi connectivity index (χ3v) is 5.34. The van der Waals surface area contributed by atoms with Crippen molar-refractivity contribution in [1.29, 1.82) is 0 Å². The van der Waals surface area contributed by atoms with Gasteiger partial charge in [-0.1, -0.05) is 23.9 Å². The van der Waals surface area contributed by atoms with Gasteiger partial charge in [0, 0.05) is 16.0 Å². The van der Waals surface area contributed by atoms with Crippen LogP contribution in [0.2, 0.25) is 0 Å². The number of hydrogen-bond acceptors (Lipinski definition) is 5. The number of fused-ring (bicyclic) bond motifs is 1. The molecule has 108 valence electrons. The third kappa shape index (κ3) is 2.54. The van der Waals surface area contributed by atoms with Crippen LogP contribution in [0.15, 0.2) is 35.4 Å². The number of aromatic nitrogens is 1. The maximum atomic E-state index is 12.5. The number of benzene rings is 1. The molecule has 0 radical (unpaired) electrons. The molecule has 1 aromatic heterocycles. The van der Waals surface area contributed by atoms with Gasteiger partial charge in [0.1, 0.15) is 0 Å². The number of rotatable bonds is 2. The topological polar surface area (TPSA) is 71.1 Å². The molecule has 0 fully saturated rings. The molecular formula is C14H13N3O2S2. The molecule has 1 aromatic carbocycles. The summed E-state index contributed by atoms with van der Waals surface area (Å²) in [5, 5.41) is 6.01. The second-order valence-electron chi connectivity index (χ2n) is 4.82. The number of carbonyl (C=O) groups is 2. The van der Waals surface area contributed by atoms with Crippen molar-refractivity contribution in [2.45, 2.75) is 23.5 Å². The summed E-state index contributed by atoms with van der Waals surface area (Å²) in [6.07, 6.45) is 1.69. The molecule has 7 heteroatoms. The Balaban J connectivity index is 1.86. The molecule has 2 heterocycles. The van der Waals surface area contributed by atoms with Crippen molar-refractivity contribution in [3.05, 3.63) is 35.3 Å². The van der Waals surface area contributed by atoms with Crippen molar-refractivity contribution in [3.63, 3.8) is 0 Å². The first kappa shape index (κ1) is 14.1. The van der Waals surface area contributed by atoms with E-state index < -0.39 is 4.75 Å². The number of anilines is 2. The number of thioether (sulfide) groups is 1. The average Bonchev–Trinajstić information content (AvgIpc) is 2.85. The summed E-state index contributed by atoms with van der Waals surface area (Å²) in [6, 6.07) is 7.44. The van der Waals surface area contributed by atoms with Gasteiger partial charge in [-0.15, -0.1) is 11.3 Å². The van der Waals surface area contributed by atoms with E-state index in [1.165, 1.54) is 23.1 Å². The number of amides is 2. The molecule has 1 atom stereocenters. The first-order chi connectivity index (χ1) is 9.99. The molecule has 3 rings (SSSR count). The highest BCUT2D eigenvalue weighted by Crippen LogP contribution is 2.42. The second-order valence-corrected chi connectivity index (χ2v) is 7.51. The van der Waals surface area contributed by atoms with Crippen LogP contribution in [0.3, 0.4) is 0 Å². The molecular weight excluding hydrogens is 306 g/mol. The molecule has 2 aromatic rings. The lowest BCUT2D eigenvalue weighted by Crippen LogP contribution is -2.49. The van der Waals surface area contributed by atoms with Crippen molar-refractivity contribution >= 4 is 45.7 Å². The largest absolute Gasteiger partial charge is 0.323 e. The quantitative estimate of drug-likeness (QED) is 0.835. The first-order valence-electron chi connectivity index (χ1n) is 6.32. The van der Waals surface area contributed by atoms with Crippen LogP contribution >= 0.6 is 23.1 Å². The van der Waals surface area contributed by atoms with Gasteiger partial charge >= 0.3 is 0 Å².